The first-order chi connectivity index (χ1) is 20.0. The van der Waals surface area contributed by atoms with E-state index in [9.17, 15) is 14.7 Å². The highest BCUT2D eigenvalue weighted by Crippen LogP contribution is 2.33. The van der Waals surface area contributed by atoms with Crippen molar-refractivity contribution in [2.24, 2.45) is 0 Å². The predicted molar refractivity (Wildman–Crippen MR) is 150 cm³/mol. The number of hydrogen-bond acceptors (Lipinski definition) is 8. The van der Waals surface area contributed by atoms with E-state index in [1.807, 2.05) is 36.4 Å². The molecule has 1 aromatic heterocycles. The van der Waals surface area contributed by atoms with Crippen LogP contribution in [0.25, 0.3) is 11.0 Å². The maximum atomic E-state index is 14.1. The third-order valence-electron chi connectivity index (χ3n) is 7.15. The van der Waals surface area contributed by atoms with Crippen LogP contribution in [0, 0.1) is 0 Å². The summed E-state index contributed by atoms with van der Waals surface area (Å²) in [5.41, 5.74) is 2.65. The van der Waals surface area contributed by atoms with Gasteiger partial charge in [0.25, 0.3) is 0 Å². The monoisotopic (exact) mass is 559 g/mol. The van der Waals surface area contributed by atoms with Gasteiger partial charge in [0.15, 0.2) is 11.5 Å². The lowest BCUT2D eigenvalue weighted by Gasteiger charge is -2.32. The van der Waals surface area contributed by atoms with Crippen molar-refractivity contribution in [1.29, 1.82) is 0 Å². The molecule has 0 radical (unpaired) electrons. The van der Waals surface area contributed by atoms with Crippen molar-refractivity contribution in [3.63, 3.8) is 0 Å². The number of phenols is 1. The second kappa shape index (κ2) is 12.7. The molecule has 2 N–H and O–H groups in total. The Labute approximate surface area is 237 Å². The summed E-state index contributed by atoms with van der Waals surface area (Å²) in [6.07, 6.45) is 1.71. The average molecular weight is 560 g/mol. The van der Waals surface area contributed by atoms with Gasteiger partial charge in [0.1, 0.15) is 23.9 Å². The van der Waals surface area contributed by atoms with Gasteiger partial charge in [-0.3, -0.25) is 9.59 Å². The molecule has 0 unspecified atom stereocenters. The number of carbonyl (C=O) groups is 2. The zero-order valence-electron chi connectivity index (χ0n) is 23.0. The molecule has 1 aliphatic heterocycles. The number of amides is 2. The highest BCUT2D eigenvalue weighted by molar-refractivity contribution is 5.89. The van der Waals surface area contributed by atoms with Crippen molar-refractivity contribution < 1.29 is 28.9 Å². The summed E-state index contributed by atoms with van der Waals surface area (Å²) in [4.78, 5) is 29.5. The topological polar surface area (TPSA) is 128 Å². The number of nitrogens with one attached hydrogen (secondary N) is 1. The van der Waals surface area contributed by atoms with E-state index in [-0.39, 0.29) is 42.5 Å². The van der Waals surface area contributed by atoms with Crippen LogP contribution in [0.3, 0.4) is 0 Å². The zero-order valence-corrected chi connectivity index (χ0v) is 23.0. The van der Waals surface area contributed by atoms with Crippen LogP contribution in [0.5, 0.6) is 17.2 Å². The second-order valence-corrected chi connectivity index (χ2v) is 9.82. The van der Waals surface area contributed by atoms with Gasteiger partial charge < -0.3 is 29.5 Å². The minimum Gasteiger partial charge on any atom is -0.504 e. The van der Waals surface area contributed by atoms with Crippen LogP contribution in [0.4, 0.5) is 0 Å². The van der Waals surface area contributed by atoms with Crippen LogP contribution in [0.15, 0.2) is 66.7 Å². The summed E-state index contributed by atoms with van der Waals surface area (Å²) >= 11 is 0. The molecule has 1 fully saturated rings. The molecule has 5 rings (SSSR count). The van der Waals surface area contributed by atoms with Crippen LogP contribution >= 0.6 is 0 Å². The molecule has 214 valence electrons. The average Bonchev–Trinajstić information content (AvgIpc) is 3.67. The first-order valence-electron chi connectivity index (χ1n) is 13.4. The molecule has 2 atom stereocenters. The van der Waals surface area contributed by atoms with Gasteiger partial charge in [-0.25, -0.2) is 4.68 Å². The molecule has 1 saturated heterocycles. The van der Waals surface area contributed by atoms with E-state index in [4.69, 9.17) is 14.2 Å². The van der Waals surface area contributed by atoms with Crippen LogP contribution in [-0.2, 0) is 27.4 Å². The molecule has 1 aliphatic rings. The number of rotatable bonds is 11. The van der Waals surface area contributed by atoms with Crippen LogP contribution in [0.1, 0.15) is 30.0 Å². The summed E-state index contributed by atoms with van der Waals surface area (Å²) in [6, 6.07) is 18.3. The molecule has 2 heterocycles. The second-order valence-electron chi connectivity index (χ2n) is 9.82. The van der Waals surface area contributed by atoms with Crippen LogP contribution in [-0.4, -0.2) is 70.3 Å². The van der Waals surface area contributed by atoms with Crippen molar-refractivity contribution in [1.82, 2.24) is 25.2 Å². The Kier molecular flexibility index (Phi) is 8.64. The summed E-state index contributed by atoms with van der Waals surface area (Å²) in [5.74, 6) is 0.0737. The fourth-order valence-electron chi connectivity index (χ4n) is 4.96. The molecule has 0 spiro atoms. The highest BCUT2D eigenvalue weighted by Gasteiger charge is 2.33. The number of hydrogen-bond donors (Lipinski definition) is 2. The standard InChI is InChI=1S/C30H33N5O6/c1-39-22-12-9-20(10-13-22)18-34(28(37)19-35-25-8-4-3-7-24(25)32-33-35)29(21-11-14-26(36)27(16-21)40-2)30(38)31-17-23-6-5-15-41-23/h3-4,7-14,16,23,29,36H,5-6,15,17-19H2,1-2H3,(H,31,38)/t23-,29-/m0/s1. The molecule has 0 bridgehead atoms. The van der Waals surface area contributed by atoms with Gasteiger partial charge in [0.05, 0.1) is 25.8 Å². The number of fused-ring (bicyclic) bond motifs is 1. The molecule has 2 amide bonds. The number of para-hydroxylation sites is 1. The minimum absolute atomic E-state index is 0.0723. The summed E-state index contributed by atoms with van der Waals surface area (Å²) in [5, 5.41) is 21.6. The Balaban J connectivity index is 1.53. The number of phenolic OH excluding ortho intramolecular Hbond substituents is 1. The number of aromatic nitrogens is 3. The van der Waals surface area contributed by atoms with Gasteiger partial charge in [-0.15, -0.1) is 5.10 Å². The van der Waals surface area contributed by atoms with Crippen LogP contribution in [0.2, 0.25) is 0 Å². The quantitative estimate of drug-likeness (QED) is 0.287. The Hall–Kier alpha value is -4.64. The largest absolute Gasteiger partial charge is 0.504 e. The van der Waals surface area contributed by atoms with E-state index in [1.165, 1.54) is 22.8 Å². The van der Waals surface area contributed by atoms with E-state index >= 15 is 0 Å². The molecule has 11 heteroatoms. The third kappa shape index (κ3) is 6.41. The maximum absolute atomic E-state index is 14.1. The smallest absolute Gasteiger partial charge is 0.247 e. The van der Waals surface area contributed by atoms with E-state index in [0.717, 1.165) is 18.4 Å². The SMILES string of the molecule is COc1ccc(CN(C(=O)Cn2nnc3ccccc32)[C@H](C(=O)NC[C@@H]2CCCO2)c2ccc(O)c(OC)c2)cc1. The Morgan fingerprint density at radius 3 is 2.66 bits per heavy atom. The van der Waals surface area contributed by atoms with Crippen molar-refractivity contribution in [3.05, 3.63) is 77.9 Å². The summed E-state index contributed by atoms with van der Waals surface area (Å²) in [6.45, 7) is 0.966. The Morgan fingerprint density at radius 2 is 1.93 bits per heavy atom. The normalized spacial score (nSPS) is 15.4. The number of nitrogens with zero attached hydrogens (tertiary/aromatic N) is 4. The lowest BCUT2D eigenvalue weighted by Crippen LogP contribution is -2.46. The van der Waals surface area contributed by atoms with E-state index < -0.39 is 6.04 Å². The van der Waals surface area contributed by atoms with Gasteiger partial charge in [0.2, 0.25) is 11.8 Å². The lowest BCUT2D eigenvalue weighted by atomic mass is 10.0. The van der Waals surface area contributed by atoms with E-state index in [1.54, 1.807) is 31.4 Å². The molecule has 0 aliphatic carbocycles. The fourth-order valence-corrected chi connectivity index (χ4v) is 4.96. The van der Waals surface area contributed by atoms with Crippen molar-refractivity contribution in [2.75, 3.05) is 27.4 Å². The number of aromatic hydroxyl groups is 1. The first kappa shape index (κ1) is 27.9. The number of carbonyl (C=O) groups excluding carboxylic acids is 2. The van der Waals surface area contributed by atoms with Gasteiger partial charge in [-0.1, -0.05) is 35.5 Å². The molecule has 3 aromatic carbocycles. The summed E-state index contributed by atoms with van der Waals surface area (Å²) < 4.78 is 17.8. The maximum Gasteiger partial charge on any atom is 0.247 e. The molecular formula is C30H33N5O6. The lowest BCUT2D eigenvalue weighted by molar-refractivity contribution is -0.142. The zero-order chi connectivity index (χ0) is 28.8. The Bertz CT molecular complexity index is 1500. The van der Waals surface area contributed by atoms with Crippen LogP contribution < -0.4 is 14.8 Å². The molecule has 11 nitrogen and oxygen atoms in total. The van der Waals surface area contributed by atoms with Crippen molar-refractivity contribution >= 4 is 22.8 Å². The Morgan fingerprint density at radius 1 is 1.12 bits per heavy atom. The molecule has 41 heavy (non-hydrogen) atoms. The summed E-state index contributed by atoms with van der Waals surface area (Å²) in [7, 11) is 3.02. The highest BCUT2D eigenvalue weighted by atomic mass is 16.5. The number of methoxy groups -OCH3 is 2. The predicted octanol–water partition coefficient (Wildman–Crippen LogP) is 3.22. The first-order valence-corrected chi connectivity index (χ1v) is 13.4. The minimum atomic E-state index is -1.05. The molecule has 4 aromatic rings. The van der Waals surface area contributed by atoms with Crippen molar-refractivity contribution in [2.45, 2.75) is 38.1 Å². The van der Waals surface area contributed by atoms with E-state index in [0.29, 0.717) is 35.5 Å². The van der Waals surface area contributed by atoms with Gasteiger partial charge in [0, 0.05) is 19.7 Å². The number of ether oxygens (including phenoxy) is 3. The molecular weight excluding hydrogens is 526 g/mol. The van der Waals surface area contributed by atoms with Crippen molar-refractivity contribution in [3.8, 4) is 17.2 Å². The third-order valence-corrected chi connectivity index (χ3v) is 7.15. The fraction of sp³-hybridized carbons (Fsp3) is 0.333. The molecule has 0 saturated carbocycles. The van der Waals surface area contributed by atoms with Gasteiger partial charge in [-0.2, -0.15) is 0 Å². The van der Waals surface area contributed by atoms with Gasteiger partial charge >= 0.3 is 0 Å². The van der Waals surface area contributed by atoms with E-state index in [2.05, 4.69) is 15.6 Å². The number of benzene rings is 3. The van der Waals surface area contributed by atoms with Gasteiger partial charge in [-0.05, 0) is 60.4 Å².